The van der Waals surface area contributed by atoms with Gasteiger partial charge in [0.1, 0.15) is 17.6 Å². The lowest BCUT2D eigenvalue weighted by molar-refractivity contribution is -0.142. The number of rotatable bonds is 8. The van der Waals surface area contributed by atoms with Gasteiger partial charge in [-0.25, -0.2) is 18.7 Å². The zero-order chi connectivity index (χ0) is 28.5. The molecule has 0 unspecified atom stereocenters. The quantitative estimate of drug-likeness (QED) is 0.376. The monoisotopic (exact) mass is 575 g/mol. The second-order valence-corrected chi connectivity index (χ2v) is 10.9. The Morgan fingerprint density at radius 2 is 1.97 bits per heavy atom. The van der Waals surface area contributed by atoms with Crippen LogP contribution < -0.4 is 10.6 Å². The van der Waals surface area contributed by atoms with Crippen LogP contribution in [0, 0.1) is 0 Å². The Hall–Kier alpha value is -2.87. The fourth-order valence-corrected chi connectivity index (χ4v) is 5.96. The predicted molar refractivity (Wildman–Crippen MR) is 135 cm³/mol. The van der Waals surface area contributed by atoms with E-state index < -0.39 is 54.0 Å². The summed E-state index contributed by atoms with van der Waals surface area (Å²) in [6.07, 6.45) is -4.49. The Kier molecular flexibility index (Phi) is 8.74. The average Bonchev–Trinajstić information content (AvgIpc) is 3.61. The number of carbonyl (C=O) groups excluding carboxylic acids is 2. The summed E-state index contributed by atoms with van der Waals surface area (Å²) in [4.78, 5) is 36.2. The number of anilines is 1. The van der Waals surface area contributed by atoms with Crippen molar-refractivity contribution in [2.24, 2.45) is 0 Å². The second-order valence-electron chi connectivity index (χ2n) is 9.87. The zero-order valence-corrected chi connectivity index (χ0v) is 22.2. The van der Waals surface area contributed by atoms with Gasteiger partial charge in [-0.3, -0.25) is 9.59 Å². The summed E-state index contributed by atoms with van der Waals surface area (Å²) in [5, 5.41) is 14.8. The average molecular weight is 576 g/mol. The molecular formula is C25H30F5N5O3S. The number of likely N-dealkylation sites (tertiary alicyclic amines) is 1. The lowest BCUT2D eigenvalue weighted by Gasteiger charge is -2.22. The highest BCUT2D eigenvalue weighted by atomic mass is 32.1. The van der Waals surface area contributed by atoms with Crippen molar-refractivity contribution in [2.45, 2.75) is 89.2 Å². The van der Waals surface area contributed by atoms with Gasteiger partial charge in [-0.2, -0.15) is 13.2 Å². The van der Waals surface area contributed by atoms with Crippen molar-refractivity contribution in [3.8, 4) is 10.4 Å². The van der Waals surface area contributed by atoms with Gasteiger partial charge < -0.3 is 20.6 Å². The fourth-order valence-electron chi connectivity index (χ4n) is 4.97. The zero-order valence-electron chi connectivity index (χ0n) is 21.4. The van der Waals surface area contributed by atoms with Gasteiger partial charge in [0, 0.05) is 29.9 Å². The van der Waals surface area contributed by atoms with Crippen LogP contribution in [0.3, 0.4) is 0 Å². The molecule has 2 fully saturated rings. The van der Waals surface area contributed by atoms with E-state index in [0.717, 1.165) is 42.9 Å². The van der Waals surface area contributed by atoms with E-state index >= 15 is 0 Å². The van der Waals surface area contributed by atoms with E-state index in [1.54, 1.807) is 4.90 Å². The number of thiazole rings is 1. The third kappa shape index (κ3) is 6.32. The van der Waals surface area contributed by atoms with Crippen LogP contribution in [0.2, 0.25) is 0 Å². The molecule has 1 aliphatic carbocycles. The fraction of sp³-hybridized carbons (Fsp3) is 0.600. The normalized spacial score (nSPS) is 22.4. The molecule has 4 atom stereocenters. The maximum Gasteiger partial charge on any atom is 0.408 e. The number of halogens is 5. The topological polar surface area (TPSA) is 107 Å². The van der Waals surface area contributed by atoms with Gasteiger partial charge in [0.25, 0.3) is 18.2 Å². The standard InChI is InChI=1S/C25H30F5N5O3S/c1-3-17(25(28,29)30)33-18-10-13(21(26)27)14(11-31-18)20-19(24(38)35-9-5-6-12(35)2)34-23(39-20)22(37)32-15-7-4-8-16(15)36/h10-12,15-17,21,36H,3-9H2,1-2H3,(H,31,33)(H,32,37)/t12-,15+,16+,17-/m0/s1. The SMILES string of the molecule is CC[C@H](Nc1cc(C(F)F)c(-c2sc(C(=O)N[C@@H]3CCC[C@H]3O)nc2C(=O)N2CCC[C@@H]2C)cn1)C(F)(F)F. The molecule has 1 saturated carbocycles. The summed E-state index contributed by atoms with van der Waals surface area (Å²) in [6, 6.07) is -1.77. The van der Waals surface area contributed by atoms with Crippen LogP contribution in [0.25, 0.3) is 10.4 Å². The Bertz CT molecular complexity index is 1210. The molecule has 39 heavy (non-hydrogen) atoms. The molecule has 0 bridgehead atoms. The molecule has 214 valence electrons. The summed E-state index contributed by atoms with van der Waals surface area (Å²) >= 11 is 0.728. The Morgan fingerprint density at radius 1 is 1.23 bits per heavy atom. The van der Waals surface area contributed by atoms with Gasteiger partial charge in [-0.15, -0.1) is 11.3 Å². The van der Waals surface area contributed by atoms with Gasteiger partial charge in [-0.05, 0) is 51.5 Å². The van der Waals surface area contributed by atoms with Crippen molar-refractivity contribution in [1.29, 1.82) is 0 Å². The van der Waals surface area contributed by atoms with E-state index in [1.165, 1.54) is 6.92 Å². The maximum absolute atomic E-state index is 14.2. The number of aromatic nitrogens is 2. The Morgan fingerprint density at radius 3 is 2.54 bits per heavy atom. The third-order valence-electron chi connectivity index (χ3n) is 7.17. The minimum absolute atomic E-state index is 0.0200. The van der Waals surface area contributed by atoms with E-state index in [2.05, 4.69) is 20.6 Å². The summed E-state index contributed by atoms with van der Waals surface area (Å²) in [6.45, 7) is 3.59. The van der Waals surface area contributed by atoms with Crippen LogP contribution in [0.1, 0.15) is 84.7 Å². The molecule has 0 spiro atoms. The van der Waals surface area contributed by atoms with Crippen LogP contribution in [-0.4, -0.2) is 68.7 Å². The first-order valence-corrected chi connectivity index (χ1v) is 13.6. The molecule has 2 aromatic rings. The molecule has 0 radical (unpaired) electrons. The Labute approximate surface area is 226 Å². The molecule has 0 aromatic carbocycles. The molecule has 2 aliphatic rings. The van der Waals surface area contributed by atoms with E-state index in [0.29, 0.717) is 19.4 Å². The van der Waals surface area contributed by atoms with Gasteiger partial charge in [0.2, 0.25) is 0 Å². The van der Waals surface area contributed by atoms with Crippen LogP contribution in [0.5, 0.6) is 0 Å². The number of carbonyl (C=O) groups is 2. The molecule has 1 saturated heterocycles. The highest BCUT2D eigenvalue weighted by Gasteiger charge is 2.39. The highest BCUT2D eigenvalue weighted by Crippen LogP contribution is 2.39. The van der Waals surface area contributed by atoms with Crippen LogP contribution in [0.15, 0.2) is 12.3 Å². The van der Waals surface area contributed by atoms with Crippen LogP contribution >= 0.6 is 11.3 Å². The number of hydrogen-bond acceptors (Lipinski definition) is 7. The molecule has 8 nitrogen and oxygen atoms in total. The van der Waals surface area contributed by atoms with Crippen molar-refractivity contribution in [3.05, 3.63) is 28.5 Å². The highest BCUT2D eigenvalue weighted by molar-refractivity contribution is 7.17. The van der Waals surface area contributed by atoms with Gasteiger partial charge in [0.15, 0.2) is 5.01 Å². The number of aliphatic hydroxyl groups is 1. The maximum atomic E-state index is 14.2. The smallest absolute Gasteiger partial charge is 0.391 e. The number of nitrogens with one attached hydrogen (secondary N) is 2. The summed E-state index contributed by atoms with van der Waals surface area (Å²) in [5.74, 6) is -1.57. The van der Waals surface area contributed by atoms with Crippen molar-refractivity contribution in [1.82, 2.24) is 20.2 Å². The van der Waals surface area contributed by atoms with Crippen molar-refractivity contribution >= 4 is 29.0 Å². The van der Waals surface area contributed by atoms with Crippen LogP contribution in [-0.2, 0) is 0 Å². The number of aliphatic hydroxyl groups excluding tert-OH is 1. The second kappa shape index (κ2) is 11.7. The van der Waals surface area contributed by atoms with Gasteiger partial charge in [0.05, 0.1) is 17.0 Å². The minimum atomic E-state index is -4.61. The van der Waals surface area contributed by atoms with E-state index in [-0.39, 0.29) is 33.6 Å². The van der Waals surface area contributed by atoms with Gasteiger partial charge in [-0.1, -0.05) is 6.92 Å². The van der Waals surface area contributed by atoms with E-state index in [1.807, 2.05) is 6.92 Å². The van der Waals surface area contributed by atoms with E-state index in [9.17, 15) is 36.6 Å². The van der Waals surface area contributed by atoms with Crippen molar-refractivity contribution in [2.75, 3.05) is 11.9 Å². The van der Waals surface area contributed by atoms with Gasteiger partial charge >= 0.3 is 6.18 Å². The summed E-state index contributed by atoms with van der Waals surface area (Å²) in [7, 11) is 0. The van der Waals surface area contributed by atoms with Crippen LogP contribution in [0.4, 0.5) is 27.8 Å². The number of amides is 2. The molecule has 3 heterocycles. The molecule has 2 aromatic heterocycles. The number of hydrogen-bond donors (Lipinski definition) is 3. The largest absolute Gasteiger partial charge is 0.408 e. The third-order valence-corrected chi connectivity index (χ3v) is 8.26. The lowest BCUT2D eigenvalue weighted by Crippen LogP contribution is -2.40. The number of pyridine rings is 1. The summed E-state index contributed by atoms with van der Waals surface area (Å²) in [5.41, 5.74) is -1.03. The molecule has 3 N–H and O–H groups in total. The lowest BCUT2D eigenvalue weighted by atomic mass is 10.1. The number of nitrogens with zero attached hydrogens (tertiary/aromatic N) is 3. The van der Waals surface area contributed by atoms with Crippen molar-refractivity contribution in [3.63, 3.8) is 0 Å². The first-order valence-electron chi connectivity index (χ1n) is 12.8. The van der Waals surface area contributed by atoms with Crippen molar-refractivity contribution < 1.29 is 36.6 Å². The molecule has 14 heteroatoms. The predicted octanol–water partition coefficient (Wildman–Crippen LogP) is 5.16. The summed E-state index contributed by atoms with van der Waals surface area (Å²) < 4.78 is 68.2. The molecular weight excluding hydrogens is 545 g/mol. The van der Waals surface area contributed by atoms with E-state index in [4.69, 9.17) is 0 Å². The molecule has 2 amide bonds. The first-order chi connectivity index (χ1) is 18.4. The minimum Gasteiger partial charge on any atom is -0.391 e. The molecule has 4 rings (SSSR count). The number of alkyl halides is 5. The molecule has 1 aliphatic heterocycles. The Balaban J connectivity index is 1.74. The first kappa shape index (κ1) is 29.1.